The molecule has 0 aliphatic heterocycles. The maximum Gasteiger partial charge on any atom is 0.142 e. The molecule has 0 fully saturated rings. The summed E-state index contributed by atoms with van der Waals surface area (Å²) < 4.78 is 5.85. The SMILES string of the molecule is Cc1cccc(COc2ccc(Cc3ncc(C)s3)cc2N)c1. The van der Waals surface area contributed by atoms with Gasteiger partial charge in [0.15, 0.2) is 0 Å². The summed E-state index contributed by atoms with van der Waals surface area (Å²) in [5.74, 6) is 0.727. The number of hydrogen-bond acceptors (Lipinski definition) is 4. The lowest BCUT2D eigenvalue weighted by molar-refractivity contribution is 0.308. The number of nitrogens with two attached hydrogens (primary N) is 1. The van der Waals surface area contributed by atoms with E-state index in [2.05, 4.69) is 43.1 Å². The summed E-state index contributed by atoms with van der Waals surface area (Å²) in [5.41, 5.74) is 10.3. The third-order valence-corrected chi connectivity index (χ3v) is 4.49. The zero-order chi connectivity index (χ0) is 16.2. The molecule has 4 heteroatoms. The predicted molar refractivity (Wildman–Crippen MR) is 96.0 cm³/mol. The van der Waals surface area contributed by atoms with Crippen molar-refractivity contribution in [2.75, 3.05) is 5.73 Å². The van der Waals surface area contributed by atoms with Gasteiger partial charge < -0.3 is 10.5 Å². The monoisotopic (exact) mass is 324 g/mol. The Morgan fingerprint density at radius 1 is 1.09 bits per heavy atom. The van der Waals surface area contributed by atoms with Crippen molar-refractivity contribution in [3.63, 3.8) is 0 Å². The molecule has 0 saturated carbocycles. The molecule has 0 bridgehead atoms. The van der Waals surface area contributed by atoms with Crippen LogP contribution in [0.4, 0.5) is 5.69 Å². The number of anilines is 1. The number of benzene rings is 2. The smallest absolute Gasteiger partial charge is 0.142 e. The Labute approximate surface area is 140 Å². The van der Waals surface area contributed by atoms with Crippen molar-refractivity contribution in [1.29, 1.82) is 0 Å². The number of aryl methyl sites for hydroxylation is 2. The summed E-state index contributed by atoms with van der Waals surface area (Å²) >= 11 is 1.72. The minimum atomic E-state index is 0.525. The molecule has 118 valence electrons. The highest BCUT2D eigenvalue weighted by atomic mass is 32.1. The van der Waals surface area contributed by atoms with E-state index in [1.165, 1.54) is 10.4 Å². The average Bonchev–Trinajstić information content (AvgIpc) is 2.92. The van der Waals surface area contributed by atoms with Gasteiger partial charge in [-0.15, -0.1) is 11.3 Å². The predicted octanol–water partition coefficient (Wildman–Crippen LogP) is 4.51. The van der Waals surface area contributed by atoms with Gasteiger partial charge in [-0.2, -0.15) is 0 Å². The van der Waals surface area contributed by atoms with Crippen LogP contribution in [0, 0.1) is 13.8 Å². The van der Waals surface area contributed by atoms with Crippen molar-refractivity contribution >= 4 is 17.0 Å². The molecule has 0 saturated heterocycles. The van der Waals surface area contributed by atoms with E-state index in [9.17, 15) is 0 Å². The second kappa shape index (κ2) is 6.84. The van der Waals surface area contributed by atoms with Gasteiger partial charge in [0.25, 0.3) is 0 Å². The number of aromatic nitrogens is 1. The number of ether oxygens (including phenoxy) is 1. The quantitative estimate of drug-likeness (QED) is 0.702. The van der Waals surface area contributed by atoms with Crippen LogP contribution in [0.25, 0.3) is 0 Å². The summed E-state index contributed by atoms with van der Waals surface area (Å²) in [6, 6.07) is 14.3. The summed E-state index contributed by atoms with van der Waals surface area (Å²) in [6.07, 6.45) is 2.71. The Hall–Kier alpha value is -2.33. The summed E-state index contributed by atoms with van der Waals surface area (Å²) in [5, 5.41) is 1.11. The van der Waals surface area contributed by atoms with Crippen LogP contribution in [0.15, 0.2) is 48.7 Å². The van der Waals surface area contributed by atoms with Gasteiger partial charge in [-0.05, 0) is 37.1 Å². The molecule has 1 aromatic heterocycles. The first-order valence-electron chi connectivity index (χ1n) is 7.58. The fourth-order valence-electron chi connectivity index (χ4n) is 2.46. The van der Waals surface area contributed by atoms with E-state index in [1.54, 1.807) is 11.3 Å². The molecular weight excluding hydrogens is 304 g/mol. The number of nitrogens with zero attached hydrogens (tertiary/aromatic N) is 1. The van der Waals surface area contributed by atoms with Crippen molar-refractivity contribution in [2.45, 2.75) is 26.9 Å². The Morgan fingerprint density at radius 2 is 1.96 bits per heavy atom. The summed E-state index contributed by atoms with van der Waals surface area (Å²) in [6.45, 7) is 4.67. The van der Waals surface area contributed by atoms with Crippen LogP contribution in [0.1, 0.15) is 26.6 Å². The molecule has 0 amide bonds. The molecule has 0 unspecified atom stereocenters. The van der Waals surface area contributed by atoms with Crippen LogP contribution in [-0.4, -0.2) is 4.98 Å². The molecule has 3 rings (SSSR count). The van der Waals surface area contributed by atoms with E-state index >= 15 is 0 Å². The maximum atomic E-state index is 6.13. The van der Waals surface area contributed by atoms with Crippen LogP contribution in [0.3, 0.4) is 0 Å². The van der Waals surface area contributed by atoms with Crippen molar-refractivity contribution in [1.82, 2.24) is 4.98 Å². The van der Waals surface area contributed by atoms with Gasteiger partial charge in [0.2, 0.25) is 0 Å². The second-order valence-electron chi connectivity index (χ2n) is 5.69. The van der Waals surface area contributed by atoms with Crippen molar-refractivity contribution in [2.24, 2.45) is 0 Å². The Balaban J connectivity index is 1.67. The molecule has 1 heterocycles. The molecule has 0 atom stereocenters. The molecular formula is C19H20N2OS. The topological polar surface area (TPSA) is 48.1 Å². The third kappa shape index (κ3) is 4.11. The zero-order valence-corrected chi connectivity index (χ0v) is 14.2. The lowest BCUT2D eigenvalue weighted by atomic mass is 10.1. The molecule has 2 aromatic carbocycles. The minimum Gasteiger partial charge on any atom is -0.487 e. The van der Waals surface area contributed by atoms with Crippen molar-refractivity contribution in [3.8, 4) is 5.75 Å². The molecule has 3 aromatic rings. The first-order valence-corrected chi connectivity index (χ1v) is 8.40. The second-order valence-corrected chi connectivity index (χ2v) is 7.01. The zero-order valence-electron chi connectivity index (χ0n) is 13.4. The highest BCUT2D eigenvalue weighted by molar-refractivity contribution is 7.11. The molecule has 0 radical (unpaired) electrons. The lowest BCUT2D eigenvalue weighted by Crippen LogP contribution is -2.00. The number of rotatable bonds is 5. The van der Waals surface area contributed by atoms with Crippen molar-refractivity contribution < 1.29 is 4.74 Å². The molecule has 0 spiro atoms. The van der Waals surface area contributed by atoms with Gasteiger partial charge in [-0.1, -0.05) is 35.9 Å². The number of hydrogen-bond donors (Lipinski definition) is 1. The Kier molecular flexibility index (Phi) is 4.63. The van der Waals surface area contributed by atoms with Crippen LogP contribution in [0.2, 0.25) is 0 Å². The van der Waals surface area contributed by atoms with Crippen LogP contribution in [0.5, 0.6) is 5.75 Å². The molecule has 23 heavy (non-hydrogen) atoms. The van der Waals surface area contributed by atoms with E-state index in [4.69, 9.17) is 10.5 Å². The fourth-order valence-corrected chi connectivity index (χ4v) is 3.28. The molecule has 0 aliphatic rings. The van der Waals surface area contributed by atoms with Crippen LogP contribution >= 0.6 is 11.3 Å². The summed E-state index contributed by atoms with van der Waals surface area (Å²) in [4.78, 5) is 5.62. The minimum absolute atomic E-state index is 0.525. The van der Waals surface area contributed by atoms with Gasteiger partial charge in [-0.25, -0.2) is 4.98 Å². The van der Waals surface area contributed by atoms with E-state index < -0.39 is 0 Å². The average molecular weight is 324 g/mol. The Bertz CT molecular complexity index is 811. The standard InChI is InChI=1S/C19H20N2OS/c1-13-4-3-5-16(8-13)12-22-18-7-6-15(9-17(18)20)10-19-21-11-14(2)23-19/h3-9,11H,10,12,20H2,1-2H3. The van der Waals surface area contributed by atoms with Gasteiger partial charge >= 0.3 is 0 Å². The highest BCUT2D eigenvalue weighted by Gasteiger charge is 2.06. The van der Waals surface area contributed by atoms with E-state index in [1.807, 2.05) is 24.4 Å². The Morgan fingerprint density at radius 3 is 2.65 bits per heavy atom. The third-order valence-electron chi connectivity index (χ3n) is 3.58. The molecule has 3 nitrogen and oxygen atoms in total. The highest BCUT2D eigenvalue weighted by Crippen LogP contribution is 2.25. The van der Waals surface area contributed by atoms with Gasteiger partial charge in [-0.3, -0.25) is 0 Å². The van der Waals surface area contributed by atoms with Gasteiger partial charge in [0, 0.05) is 17.5 Å². The molecule has 2 N–H and O–H groups in total. The first kappa shape index (κ1) is 15.6. The normalized spacial score (nSPS) is 10.7. The van der Waals surface area contributed by atoms with E-state index in [-0.39, 0.29) is 0 Å². The van der Waals surface area contributed by atoms with Crippen LogP contribution in [-0.2, 0) is 13.0 Å². The van der Waals surface area contributed by atoms with E-state index in [0.717, 1.165) is 28.3 Å². The van der Waals surface area contributed by atoms with Crippen LogP contribution < -0.4 is 10.5 Å². The van der Waals surface area contributed by atoms with E-state index in [0.29, 0.717) is 12.3 Å². The van der Waals surface area contributed by atoms with Gasteiger partial charge in [0.1, 0.15) is 12.4 Å². The largest absolute Gasteiger partial charge is 0.487 e. The summed E-state index contributed by atoms with van der Waals surface area (Å²) in [7, 11) is 0. The van der Waals surface area contributed by atoms with Crippen molar-refractivity contribution in [3.05, 3.63) is 75.2 Å². The maximum absolute atomic E-state index is 6.13. The number of thiazole rings is 1. The first-order chi connectivity index (χ1) is 11.1. The molecule has 0 aliphatic carbocycles. The lowest BCUT2D eigenvalue weighted by Gasteiger charge is -2.10. The fraction of sp³-hybridized carbons (Fsp3) is 0.211. The van der Waals surface area contributed by atoms with Gasteiger partial charge in [0.05, 0.1) is 10.7 Å². The number of nitrogen functional groups attached to an aromatic ring is 1.